The number of hydrogen-bond donors (Lipinski definition) is 1. The Labute approximate surface area is 137 Å². The van der Waals surface area contributed by atoms with Crippen molar-refractivity contribution < 1.29 is 14.6 Å². The topological polar surface area (TPSA) is 46.5 Å². The molecule has 0 aliphatic heterocycles. The Bertz CT molecular complexity index is 686. The molecule has 0 amide bonds. The van der Waals surface area contributed by atoms with Gasteiger partial charge in [-0.05, 0) is 52.3 Å². The molecule has 0 bridgehead atoms. The molecule has 3 nitrogen and oxygen atoms in total. The molecule has 1 N–H and O–H groups in total. The number of methoxy groups -OCH3 is 1. The summed E-state index contributed by atoms with van der Waals surface area (Å²) in [5.41, 5.74) is 4.07. The molecule has 0 aliphatic carbocycles. The van der Waals surface area contributed by atoms with Crippen LogP contribution < -0.4 is 0 Å². The molecule has 0 atom stereocenters. The highest BCUT2D eigenvalue weighted by molar-refractivity contribution is 5.97. The number of hydrogen-bond acceptors (Lipinski definition) is 3. The van der Waals surface area contributed by atoms with Crippen LogP contribution in [0.5, 0.6) is 5.75 Å². The third kappa shape index (κ3) is 3.39. The van der Waals surface area contributed by atoms with Gasteiger partial charge in [-0.1, -0.05) is 45.9 Å². The lowest BCUT2D eigenvalue weighted by atomic mass is 9.88. The molecule has 122 valence electrons. The van der Waals surface area contributed by atoms with Crippen molar-refractivity contribution in [3.63, 3.8) is 0 Å². The lowest BCUT2D eigenvalue weighted by molar-refractivity contribution is 0.0601. The van der Waals surface area contributed by atoms with Gasteiger partial charge < -0.3 is 9.84 Å². The van der Waals surface area contributed by atoms with E-state index in [2.05, 4.69) is 27.7 Å². The molecule has 0 radical (unpaired) electrons. The minimum atomic E-state index is -0.356. The molecule has 0 saturated carbocycles. The van der Waals surface area contributed by atoms with Gasteiger partial charge in [-0.2, -0.15) is 0 Å². The molecule has 0 heterocycles. The van der Waals surface area contributed by atoms with E-state index in [1.54, 1.807) is 6.07 Å². The minimum absolute atomic E-state index is 0.192. The van der Waals surface area contributed by atoms with Gasteiger partial charge in [-0.3, -0.25) is 0 Å². The number of phenols is 1. The highest BCUT2D eigenvalue weighted by Gasteiger charge is 2.18. The van der Waals surface area contributed by atoms with Crippen molar-refractivity contribution in [2.45, 2.75) is 39.5 Å². The lowest BCUT2D eigenvalue weighted by Crippen LogP contribution is -2.04. The van der Waals surface area contributed by atoms with Crippen LogP contribution in [0.2, 0.25) is 0 Å². The minimum Gasteiger partial charge on any atom is -0.507 e. The zero-order valence-electron chi connectivity index (χ0n) is 14.4. The summed E-state index contributed by atoms with van der Waals surface area (Å²) < 4.78 is 4.89. The standard InChI is InChI=1S/C20H24O3/c1-12(2)17-10-14(11-18(13(3)4)19(17)21)15-8-6-7-9-16(15)20(22)23-5/h6-13,21H,1-5H3. The highest BCUT2D eigenvalue weighted by atomic mass is 16.5. The van der Waals surface area contributed by atoms with Crippen LogP contribution in [-0.2, 0) is 4.74 Å². The first-order chi connectivity index (χ1) is 10.9. The summed E-state index contributed by atoms with van der Waals surface area (Å²) in [7, 11) is 1.38. The van der Waals surface area contributed by atoms with Gasteiger partial charge in [0.05, 0.1) is 12.7 Å². The first-order valence-corrected chi connectivity index (χ1v) is 7.91. The molecule has 0 fully saturated rings. The monoisotopic (exact) mass is 312 g/mol. The van der Waals surface area contributed by atoms with E-state index in [-0.39, 0.29) is 17.8 Å². The van der Waals surface area contributed by atoms with Gasteiger partial charge in [0.15, 0.2) is 0 Å². The Balaban J connectivity index is 2.72. The molecule has 0 aliphatic rings. The molecular formula is C20H24O3. The summed E-state index contributed by atoms with van der Waals surface area (Å²) in [5.74, 6) is 0.385. The fourth-order valence-electron chi connectivity index (χ4n) is 2.74. The van der Waals surface area contributed by atoms with E-state index in [0.717, 1.165) is 22.3 Å². The van der Waals surface area contributed by atoms with Crippen molar-refractivity contribution in [2.24, 2.45) is 0 Å². The fourth-order valence-corrected chi connectivity index (χ4v) is 2.74. The summed E-state index contributed by atoms with van der Waals surface area (Å²) >= 11 is 0. The Hall–Kier alpha value is -2.29. The Morgan fingerprint density at radius 2 is 1.52 bits per heavy atom. The maximum Gasteiger partial charge on any atom is 0.338 e. The molecule has 0 saturated heterocycles. The Morgan fingerprint density at radius 1 is 1.00 bits per heavy atom. The van der Waals surface area contributed by atoms with Gasteiger partial charge in [0.2, 0.25) is 0 Å². The number of rotatable bonds is 4. The molecular weight excluding hydrogens is 288 g/mol. The summed E-state index contributed by atoms with van der Waals surface area (Å²) in [4.78, 5) is 12.0. The third-order valence-electron chi connectivity index (χ3n) is 4.06. The van der Waals surface area contributed by atoms with Gasteiger partial charge in [0.25, 0.3) is 0 Å². The zero-order chi connectivity index (χ0) is 17.1. The first kappa shape index (κ1) is 17.1. The van der Waals surface area contributed by atoms with E-state index in [9.17, 15) is 9.90 Å². The van der Waals surface area contributed by atoms with Gasteiger partial charge in [-0.15, -0.1) is 0 Å². The smallest absolute Gasteiger partial charge is 0.338 e. The average molecular weight is 312 g/mol. The zero-order valence-corrected chi connectivity index (χ0v) is 14.4. The maximum absolute atomic E-state index is 12.0. The number of esters is 1. The predicted molar refractivity (Wildman–Crippen MR) is 93.1 cm³/mol. The van der Waals surface area contributed by atoms with Crippen LogP contribution >= 0.6 is 0 Å². The summed E-state index contributed by atoms with van der Waals surface area (Å²) in [5, 5.41) is 10.5. The third-order valence-corrected chi connectivity index (χ3v) is 4.06. The number of ether oxygens (including phenoxy) is 1. The predicted octanol–water partition coefficient (Wildman–Crippen LogP) is 5.09. The van der Waals surface area contributed by atoms with Crippen LogP contribution in [0.1, 0.15) is 61.0 Å². The van der Waals surface area contributed by atoms with E-state index < -0.39 is 0 Å². The van der Waals surface area contributed by atoms with Crippen LogP contribution in [0.25, 0.3) is 11.1 Å². The van der Waals surface area contributed by atoms with Gasteiger partial charge in [-0.25, -0.2) is 4.79 Å². The van der Waals surface area contributed by atoms with Crippen molar-refractivity contribution in [1.29, 1.82) is 0 Å². The van der Waals surface area contributed by atoms with Crippen LogP contribution in [0.4, 0.5) is 0 Å². The second-order valence-corrected chi connectivity index (χ2v) is 6.35. The fraction of sp³-hybridized carbons (Fsp3) is 0.350. The molecule has 0 unspecified atom stereocenters. The highest BCUT2D eigenvalue weighted by Crippen LogP contribution is 2.38. The average Bonchev–Trinajstić information content (AvgIpc) is 2.53. The Morgan fingerprint density at radius 3 is 2.00 bits per heavy atom. The van der Waals surface area contributed by atoms with Gasteiger partial charge >= 0.3 is 5.97 Å². The molecule has 0 spiro atoms. The summed E-state index contributed by atoms with van der Waals surface area (Å²) in [6, 6.07) is 11.3. The van der Waals surface area contributed by atoms with Crippen LogP contribution in [0, 0.1) is 0 Å². The van der Waals surface area contributed by atoms with E-state index in [4.69, 9.17) is 4.74 Å². The first-order valence-electron chi connectivity index (χ1n) is 7.91. The molecule has 2 aromatic carbocycles. The van der Waals surface area contributed by atoms with Crippen molar-refractivity contribution in [3.05, 3.63) is 53.1 Å². The number of benzene rings is 2. The summed E-state index contributed by atoms with van der Waals surface area (Å²) in [6.07, 6.45) is 0. The van der Waals surface area contributed by atoms with E-state index in [0.29, 0.717) is 11.3 Å². The molecule has 2 aromatic rings. The molecule has 2 rings (SSSR count). The van der Waals surface area contributed by atoms with Crippen molar-refractivity contribution in [3.8, 4) is 16.9 Å². The van der Waals surface area contributed by atoms with Crippen molar-refractivity contribution in [1.82, 2.24) is 0 Å². The quantitative estimate of drug-likeness (QED) is 0.800. The normalized spacial score (nSPS) is 11.1. The number of carbonyl (C=O) groups excluding carboxylic acids is 1. The second-order valence-electron chi connectivity index (χ2n) is 6.35. The molecule has 23 heavy (non-hydrogen) atoms. The van der Waals surface area contributed by atoms with Gasteiger partial charge in [0.1, 0.15) is 5.75 Å². The second kappa shape index (κ2) is 6.86. The SMILES string of the molecule is COC(=O)c1ccccc1-c1cc(C(C)C)c(O)c(C(C)C)c1. The van der Waals surface area contributed by atoms with Crippen molar-refractivity contribution >= 4 is 5.97 Å². The maximum atomic E-state index is 12.0. The van der Waals surface area contributed by atoms with E-state index >= 15 is 0 Å². The summed E-state index contributed by atoms with van der Waals surface area (Å²) in [6.45, 7) is 8.20. The van der Waals surface area contributed by atoms with Crippen LogP contribution in [0.3, 0.4) is 0 Å². The molecule has 0 aromatic heterocycles. The number of carbonyl (C=O) groups is 1. The number of phenolic OH excluding ortho intramolecular Hbond substituents is 1. The largest absolute Gasteiger partial charge is 0.507 e. The van der Waals surface area contributed by atoms with E-state index in [1.807, 2.05) is 30.3 Å². The van der Waals surface area contributed by atoms with Crippen LogP contribution in [-0.4, -0.2) is 18.2 Å². The Kier molecular flexibility index (Phi) is 5.09. The lowest BCUT2D eigenvalue weighted by Gasteiger charge is -2.18. The van der Waals surface area contributed by atoms with E-state index in [1.165, 1.54) is 7.11 Å². The van der Waals surface area contributed by atoms with Gasteiger partial charge in [0, 0.05) is 0 Å². The molecule has 3 heteroatoms. The number of aromatic hydroxyl groups is 1. The van der Waals surface area contributed by atoms with Crippen molar-refractivity contribution in [2.75, 3.05) is 7.11 Å². The van der Waals surface area contributed by atoms with Crippen LogP contribution in [0.15, 0.2) is 36.4 Å².